The highest BCUT2D eigenvalue weighted by Gasteiger charge is 2.17. The Kier molecular flexibility index (Phi) is 3.77. The summed E-state index contributed by atoms with van der Waals surface area (Å²) >= 11 is 0. The number of hydrogen-bond donors (Lipinski definition) is 0. The number of aryl methyl sites for hydroxylation is 1. The SMILES string of the molecule is Cc1ccc(C(=O)N2CCCCCC2)cc1F. The normalized spacial score (nSPS) is 16.7. The standard InChI is InChI=1S/C14H18FNO/c1-11-6-7-12(10-13(11)15)14(17)16-8-4-2-3-5-9-16/h6-7,10H,2-5,8-9H2,1H3. The molecule has 2 rings (SSSR count). The average Bonchev–Trinajstić information content (AvgIpc) is 2.60. The predicted molar refractivity (Wildman–Crippen MR) is 65.5 cm³/mol. The van der Waals surface area contributed by atoms with Crippen LogP contribution in [0.15, 0.2) is 18.2 Å². The van der Waals surface area contributed by atoms with E-state index in [9.17, 15) is 9.18 Å². The molecule has 3 heteroatoms. The number of carbonyl (C=O) groups is 1. The molecule has 0 bridgehead atoms. The van der Waals surface area contributed by atoms with Gasteiger partial charge in [-0.15, -0.1) is 0 Å². The third kappa shape index (κ3) is 2.84. The fourth-order valence-electron chi connectivity index (χ4n) is 2.18. The first kappa shape index (κ1) is 12.1. The third-order valence-electron chi connectivity index (χ3n) is 3.31. The van der Waals surface area contributed by atoms with E-state index in [-0.39, 0.29) is 11.7 Å². The van der Waals surface area contributed by atoms with Gasteiger partial charge in [-0.25, -0.2) is 4.39 Å². The molecule has 1 saturated heterocycles. The lowest BCUT2D eigenvalue weighted by molar-refractivity contribution is 0.0761. The van der Waals surface area contributed by atoms with E-state index in [0.717, 1.165) is 25.9 Å². The van der Waals surface area contributed by atoms with Crippen LogP contribution in [0.4, 0.5) is 4.39 Å². The van der Waals surface area contributed by atoms with E-state index in [1.807, 2.05) is 4.90 Å². The molecule has 2 nitrogen and oxygen atoms in total. The van der Waals surface area contributed by atoms with E-state index >= 15 is 0 Å². The van der Waals surface area contributed by atoms with Crippen molar-refractivity contribution in [2.45, 2.75) is 32.6 Å². The first-order valence-corrected chi connectivity index (χ1v) is 6.24. The van der Waals surface area contributed by atoms with Crippen molar-refractivity contribution in [3.05, 3.63) is 35.1 Å². The minimum Gasteiger partial charge on any atom is -0.339 e. The van der Waals surface area contributed by atoms with Crippen LogP contribution >= 0.6 is 0 Å². The number of hydrogen-bond acceptors (Lipinski definition) is 1. The number of likely N-dealkylation sites (tertiary alicyclic amines) is 1. The van der Waals surface area contributed by atoms with E-state index in [0.29, 0.717) is 11.1 Å². The molecular formula is C14H18FNO. The highest BCUT2D eigenvalue weighted by Crippen LogP contribution is 2.15. The number of nitrogens with zero attached hydrogens (tertiary/aromatic N) is 1. The monoisotopic (exact) mass is 235 g/mol. The Morgan fingerprint density at radius 3 is 2.41 bits per heavy atom. The third-order valence-corrected chi connectivity index (χ3v) is 3.31. The van der Waals surface area contributed by atoms with Gasteiger partial charge in [0.25, 0.3) is 5.91 Å². The van der Waals surface area contributed by atoms with Crippen LogP contribution in [-0.2, 0) is 0 Å². The van der Waals surface area contributed by atoms with Gasteiger partial charge >= 0.3 is 0 Å². The van der Waals surface area contributed by atoms with Crippen molar-refractivity contribution in [1.29, 1.82) is 0 Å². The Morgan fingerprint density at radius 2 is 1.82 bits per heavy atom. The molecule has 0 N–H and O–H groups in total. The summed E-state index contributed by atoms with van der Waals surface area (Å²) in [4.78, 5) is 14.0. The summed E-state index contributed by atoms with van der Waals surface area (Å²) in [5, 5.41) is 0. The summed E-state index contributed by atoms with van der Waals surface area (Å²) in [5.74, 6) is -0.337. The number of benzene rings is 1. The van der Waals surface area contributed by atoms with Crippen molar-refractivity contribution in [2.75, 3.05) is 13.1 Å². The van der Waals surface area contributed by atoms with Gasteiger partial charge in [0.2, 0.25) is 0 Å². The second kappa shape index (κ2) is 5.30. The first-order chi connectivity index (χ1) is 8.18. The van der Waals surface area contributed by atoms with E-state index in [2.05, 4.69) is 0 Å². The van der Waals surface area contributed by atoms with Crippen LogP contribution in [-0.4, -0.2) is 23.9 Å². The van der Waals surface area contributed by atoms with Crippen molar-refractivity contribution < 1.29 is 9.18 Å². The summed E-state index contributed by atoms with van der Waals surface area (Å²) in [7, 11) is 0. The van der Waals surface area contributed by atoms with Crippen molar-refractivity contribution in [2.24, 2.45) is 0 Å². The van der Waals surface area contributed by atoms with Gasteiger partial charge in [-0.2, -0.15) is 0 Å². The molecule has 0 spiro atoms. The molecule has 1 amide bonds. The Hall–Kier alpha value is -1.38. The summed E-state index contributed by atoms with van der Waals surface area (Å²) < 4.78 is 13.4. The summed E-state index contributed by atoms with van der Waals surface area (Å²) in [6.45, 7) is 3.30. The van der Waals surface area contributed by atoms with Gasteiger partial charge in [0.15, 0.2) is 0 Å². The Bertz CT molecular complexity index is 409. The molecule has 92 valence electrons. The van der Waals surface area contributed by atoms with Crippen LogP contribution in [0.3, 0.4) is 0 Å². The van der Waals surface area contributed by atoms with Gasteiger partial charge in [-0.05, 0) is 37.5 Å². The molecule has 0 saturated carbocycles. The molecule has 0 aromatic heterocycles. The van der Waals surface area contributed by atoms with Crippen LogP contribution in [0.1, 0.15) is 41.6 Å². The summed E-state index contributed by atoms with van der Waals surface area (Å²) in [6, 6.07) is 4.73. The number of rotatable bonds is 1. The highest BCUT2D eigenvalue weighted by molar-refractivity contribution is 5.94. The topological polar surface area (TPSA) is 20.3 Å². The van der Waals surface area contributed by atoms with Crippen LogP contribution < -0.4 is 0 Å². The average molecular weight is 235 g/mol. The van der Waals surface area contributed by atoms with Crippen LogP contribution in [0.5, 0.6) is 0 Å². The molecule has 1 fully saturated rings. The smallest absolute Gasteiger partial charge is 0.253 e. The Balaban J connectivity index is 2.14. The Morgan fingerprint density at radius 1 is 1.18 bits per heavy atom. The van der Waals surface area contributed by atoms with Gasteiger partial charge in [0, 0.05) is 18.7 Å². The quantitative estimate of drug-likeness (QED) is 0.732. The molecule has 1 aromatic rings. The molecule has 1 aliphatic heterocycles. The van der Waals surface area contributed by atoms with Crippen LogP contribution in [0.2, 0.25) is 0 Å². The fourth-order valence-corrected chi connectivity index (χ4v) is 2.18. The maximum Gasteiger partial charge on any atom is 0.253 e. The minimum atomic E-state index is -0.300. The zero-order chi connectivity index (χ0) is 12.3. The van der Waals surface area contributed by atoms with Gasteiger partial charge in [-0.1, -0.05) is 18.9 Å². The number of amides is 1. The summed E-state index contributed by atoms with van der Waals surface area (Å²) in [5.41, 5.74) is 1.05. The molecule has 0 radical (unpaired) electrons. The van der Waals surface area contributed by atoms with Crippen molar-refractivity contribution in [3.8, 4) is 0 Å². The van der Waals surface area contributed by atoms with Crippen molar-refractivity contribution >= 4 is 5.91 Å². The largest absolute Gasteiger partial charge is 0.339 e. The zero-order valence-electron chi connectivity index (χ0n) is 10.2. The van der Waals surface area contributed by atoms with E-state index in [4.69, 9.17) is 0 Å². The number of halogens is 1. The van der Waals surface area contributed by atoms with Crippen LogP contribution in [0, 0.1) is 12.7 Å². The number of carbonyl (C=O) groups excluding carboxylic acids is 1. The lowest BCUT2D eigenvalue weighted by Crippen LogP contribution is -2.31. The zero-order valence-corrected chi connectivity index (χ0v) is 10.2. The molecule has 1 aromatic carbocycles. The lowest BCUT2D eigenvalue weighted by Gasteiger charge is -2.20. The Labute approximate surface area is 101 Å². The summed E-state index contributed by atoms with van der Waals surface area (Å²) in [6.07, 6.45) is 4.48. The van der Waals surface area contributed by atoms with Crippen LogP contribution in [0.25, 0.3) is 0 Å². The van der Waals surface area contributed by atoms with E-state index < -0.39 is 0 Å². The second-order valence-electron chi connectivity index (χ2n) is 4.67. The highest BCUT2D eigenvalue weighted by atomic mass is 19.1. The lowest BCUT2D eigenvalue weighted by atomic mass is 10.1. The first-order valence-electron chi connectivity index (χ1n) is 6.24. The minimum absolute atomic E-state index is 0.0363. The predicted octanol–water partition coefficient (Wildman–Crippen LogP) is 3.15. The molecular weight excluding hydrogens is 217 g/mol. The van der Waals surface area contributed by atoms with E-state index in [1.165, 1.54) is 18.9 Å². The van der Waals surface area contributed by atoms with Crippen molar-refractivity contribution in [1.82, 2.24) is 4.90 Å². The molecule has 0 unspecified atom stereocenters. The maximum atomic E-state index is 13.4. The molecule has 17 heavy (non-hydrogen) atoms. The van der Waals surface area contributed by atoms with Gasteiger partial charge in [0.05, 0.1) is 0 Å². The molecule has 0 aliphatic carbocycles. The maximum absolute atomic E-state index is 13.4. The van der Waals surface area contributed by atoms with E-state index in [1.54, 1.807) is 19.1 Å². The fraction of sp³-hybridized carbons (Fsp3) is 0.500. The molecule has 1 heterocycles. The molecule has 0 atom stereocenters. The van der Waals surface area contributed by atoms with Crippen molar-refractivity contribution in [3.63, 3.8) is 0 Å². The second-order valence-corrected chi connectivity index (χ2v) is 4.67. The van der Waals surface area contributed by atoms with Gasteiger partial charge < -0.3 is 4.90 Å². The van der Waals surface area contributed by atoms with Gasteiger partial charge in [0.1, 0.15) is 5.82 Å². The van der Waals surface area contributed by atoms with Gasteiger partial charge in [-0.3, -0.25) is 4.79 Å². The molecule has 1 aliphatic rings.